The number of hydrogen-bond donors (Lipinski definition) is 1. The molecule has 1 aromatic heterocycles. The molecule has 1 heterocycles. The van der Waals surface area contributed by atoms with Gasteiger partial charge in [-0.15, -0.1) is 0 Å². The molecule has 1 N–H and O–H groups in total. The van der Waals surface area contributed by atoms with E-state index in [0.717, 1.165) is 16.8 Å². The number of carbonyl (C=O) groups excluding carboxylic acids is 2. The quantitative estimate of drug-likeness (QED) is 0.359. The predicted molar refractivity (Wildman–Crippen MR) is 135 cm³/mol. The maximum absolute atomic E-state index is 14.1. The Morgan fingerprint density at radius 2 is 1.71 bits per heavy atom. The van der Waals surface area contributed by atoms with E-state index in [0.29, 0.717) is 16.7 Å². The first kappa shape index (κ1) is 24.2. The van der Waals surface area contributed by atoms with Gasteiger partial charge in [0.25, 0.3) is 5.91 Å². The van der Waals surface area contributed by atoms with Crippen molar-refractivity contribution in [2.75, 3.05) is 18.4 Å². The molecule has 2 amide bonds. The Balaban J connectivity index is 1.60. The van der Waals surface area contributed by atoms with Crippen molar-refractivity contribution in [2.45, 2.75) is 13.8 Å². The lowest BCUT2D eigenvalue weighted by Gasteiger charge is -2.20. The van der Waals surface area contributed by atoms with Gasteiger partial charge >= 0.3 is 0 Å². The van der Waals surface area contributed by atoms with Crippen molar-refractivity contribution in [3.05, 3.63) is 101 Å². The first-order chi connectivity index (χ1) is 16.9. The minimum Gasteiger partial charge on any atom is -0.330 e. The fourth-order valence-corrected chi connectivity index (χ4v) is 3.73. The van der Waals surface area contributed by atoms with Crippen LogP contribution in [0.4, 0.5) is 10.3 Å². The van der Waals surface area contributed by atoms with Gasteiger partial charge in [0, 0.05) is 29.0 Å². The molecule has 0 atom stereocenters. The van der Waals surface area contributed by atoms with Crippen LogP contribution in [0.2, 0.25) is 5.02 Å². The topological polar surface area (TPSA) is 67.2 Å². The maximum atomic E-state index is 14.1. The Morgan fingerprint density at radius 1 is 1.03 bits per heavy atom. The van der Waals surface area contributed by atoms with Gasteiger partial charge in [0.1, 0.15) is 12.4 Å². The molecule has 6 nitrogen and oxygen atoms in total. The molecule has 0 fully saturated rings. The minimum absolute atomic E-state index is 0.0756. The molecule has 0 saturated carbocycles. The van der Waals surface area contributed by atoms with Crippen LogP contribution in [0.15, 0.2) is 79.0 Å². The number of anilines is 1. The molecule has 0 saturated heterocycles. The molecule has 8 heteroatoms. The van der Waals surface area contributed by atoms with Crippen LogP contribution in [0, 0.1) is 12.7 Å². The van der Waals surface area contributed by atoms with Crippen LogP contribution in [0.25, 0.3) is 16.9 Å². The summed E-state index contributed by atoms with van der Waals surface area (Å²) >= 11 is 6.02. The third-order valence-electron chi connectivity index (χ3n) is 5.52. The van der Waals surface area contributed by atoms with Crippen molar-refractivity contribution in [1.29, 1.82) is 0 Å². The normalized spacial score (nSPS) is 10.7. The molecule has 0 aliphatic rings. The van der Waals surface area contributed by atoms with Gasteiger partial charge in [-0.1, -0.05) is 53.6 Å². The van der Waals surface area contributed by atoms with Crippen LogP contribution < -0.4 is 5.32 Å². The number of likely N-dealkylation sites (N-methyl/N-ethyl adjacent to an activating group) is 1. The lowest BCUT2D eigenvalue weighted by atomic mass is 10.2. The Bertz CT molecular complexity index is 1350. The van der Waals surface area contributed by atoms with Crippen molar-refractivity contribution in [3.8, 4) is 16.9 Å². The van der Waals surface area contributed by atoms with Crippen molar-refractivity contribution in [1.82, 2.24) is 14.5 Å². The van der Waals surface area contributed by atoms with Crippen molar-refractivity contribution < 1.29 is 14.0 Å². The highest BCUT2D eigenvalue weighted by atomic mass is 35.5. The predicted octanol–water partition coefficient (Wildman–Crippen LogP) is 5.74. The third kappa shape index (κ3) is 5.58. The molecule has 4 rings (SSSR count). The second-order valence-electron chi connectivity index (χ2n) is 8.01. The Kier molecular flexibility index (Phi) is 7.27. The van der Waals surface area contributed by atoms with E-state index < -0.39 is 17.6 Å². The average Bonchev–Trinajstić information content (AvgIpc) is 3.26. The summed E-state index contributed by atoms with van der Waals surface area (Å²) in [5.74, 6) is -1.32. The first-order valence-corrected chi connectivity index (χ1v) is 11.5. The number of nitrogens with zero attached hydrogens (tertiary/aromatic N) is 3. The summed E-state index contributed by atoms with van der Waals surface area (Å²) in [4.78, 5) is 31.7. The van der Waals surface area contributed by atoms with Gasteiger partial charge in [0.2, 0.25) is 11.9 Å². The SMILES string of the molecule is CCN(CC(=O)Nc1nc(-c2ccc(Cl)cc2)cn1-c1ccc(C)cc1)C(=O)c1ccccc1F. The highest BCUT2D eigenvalue weighted by Gasteiger charge is 2.21. The molecule has 0 aliphatic heterocycles. The summed E-state index contributed by atoms with van der Waals surface area (Å²) in [5, 5.41) is 3.42. The zero-order valence-electron chi connectivity index (χ0n) is 19.3. The van der Waals surface area contributed by atoms with Crippen molar-refractivity contribution in [3.63, 3.8) is 0 Å². The van der Waals surface area contributed by atoms with Gasteiger partial charge in [0.15, 0.2) is 0 Å². The van der Waals surface area contributed by atoms with Gasteiger partial charge < -0.3 is 4.90 Å². The summed E-state index contributed by atoms with van der Waals surface area (Å²) in [6.07, 6.45) is 1.83. The first-order valence-electron chi connectivity index (χ1n) is 11.1. The van der Waals surface area contributed by atoms with Crippen molar-refractivity contribution >= 4 is 29.4 Å². The molecule has 0 spiro atoms. The standard InChI is InChI=1S/C27H24ClFN4O2/c1-3-32(26(35)22-6-4-5-7-23(22)29)17-25(34)31-27-30-24(19-10-12-20(28)13-11-19)16-33(27)21-14-8-18(2)9-15-21/h4-16H,3,17H2,1-2H3,(H,30,31,34). The van der Waals surface area contributed by atoms with Crippen LogP contribution in [0.3, 0.4) is 0 Å². The Morgan fingerprint density at radius 3 is 2.37 bits per heavy atom. The van der Waals surface area contributed by atoms with Gasteiger partial charge in [-0.2, -0.15) is 0 Å². The number of amides is 2. The summed E-state index contributed by atoms with van der Waals surface area (Å²) in [7, 11) is 0. The highest BCUT2D eigenvalue weighted by molar-refractivity contribution is 6.30. The van der Waals surface area contributed by atoms with E-state index in [1.54, 1.807) is 29.7 Å². The molecule has 4 aromatic rings. The zero-order valence-corrected chi connectivity index (χ0v) is 20.1. The van der Waals surface area contributed by atoms with Crippen LogP contribution in [0.1, 0.15) is 22.8 Å². The minimum atomic E-state index is -0.626. The number of imidazole rings is 1. The molecule has 0 unspecified atom stereocenters. The van der Waals surface area contributed by atoms with Gasteiger partial charge in [-0.3, -0.25) is 19.5 Å². The second kappa shape index (κ2) is 10.5. The number of benzene rings is 3. The van der Waals surface area contributed by atoms with E-state index in [1.807, 2.05) is 49.5 Å². The summed E-state index contributed by atoms with van der Waals surface area (Å²) in [5.41, 5.74) is 3.32. The number of aromatic nitrogens is 2. The molecule has 0 bridgehead atoms. The fraction of sp³-hybridized carbons (Fsp3) is 0.148. The molecular formula is C27H24ClFN4O2. The molecule has 0 radical (unpaired) electrons. The van der Waals surface area contributed by atoms with Gasteiger partial charge in [0.05, 0.1) is 11.3 Å². The number of aryl methyl sites for hydroxylation is 1. The van der Waals surface area contributed by atoms with Crippen molar-refractivity contribution in [2.24, 2.45) is 0 Å². The molecule has 35 heavy (non-hydrogen) atoms. The smallest absolute Gasteiger partial charge is 0.257 e. The summed E-state index contributed by atoms with van der Waals surface area (Å²) in [6.45, 7) is 3.72. The molecule has 3 aromatic carbocycles. The van der Waals surface area contributed by atoms with E-state index in [1.165, 1.54) is 23.1 Å². The molecular weight excluding hydrogens is 467 g/mol. The monoisotopic (exact) mass is 490 g/mol. The Hall–Kier alpha value is -3.97. The molecule has 0 aliphatic carbocycles. The summed E-state index contributed by atoms with van der Waals surface area (Å²) in [6, 6.07) is 20.8. The zero-order chi connectivity index (χ0) is 24.9. The largest absolute Gasteiger partial charge is 0.330 e. The number of halogens is 2. The number of carbonyl (C=O) groups is 2. The van der Waals surface area contributed by atoms with E-state index in [2.05, 4.69) is 10.3 Å². The van der Waals surface area contributed by atoms with Crippen LogP contribution in [0.5, 0.6) is 0 Å². The van der Waals surface area contributed by atoms with Crippen LogP contribution >= 0.6 is 11.6 Å². The van der Waals surface area contributed by atoms with E-state index >= 15 is 0 Å². The van der Waals surface area contributed by atoms with E-state index in [4.69, 9.17) is 11.6 Å². The summed E-state index contributed by atoms with van der Waals surface area (Å²) < 4.78 is 15.9. The highest BCUT2D eigenvalue weighted by Crippen LogP contribution is 2.26. The van der Waals surface area contributed by atoms with Crippen LogP contribution in [-0.2, 0) is 4.79 Å². The number of hydrogen-bond acceptors (Lipinski definition) is 3. The van der Waals surface area contributed by atoms with E-state index in [9.17, 15) is 14.0 Å². The number of rotatable bonds is 7. The van der Waals surface area contributed by atoms with Crippen LogP contribution in [-0.4, -0.2) is 39.4 Å². The Labute approximate surface area is 208 Å². The van der Waals surface area contributed by atoms with Gasteiger partial charge in [-0.25, -0.2) is 9.37 Å². The number of nitrogens with one attached hydrogen (secondary N) is 1. The van der Waals surface area contributed by atoms with Gasteiger partial charge in [-0.05, 0) is 50.2 Å². The lowest BCUT2D eigenvalue weighted by molar-refractivity contribution is -0.116. The average molecular weight is 491 g/mol. The maximum Gasteiger partial charge on any atom is 0.257 e. The lowest BCUT2D eigenvalue weighted by Crippen LogP contribution is -2.38. The third-order valence-corrected chi connectivity index (χ3v) is 5.77. The van der Waals surface area contributed by atoms with E-state index in [-0.39, 0.29) is 18.7 Å². The second-order valence-corrected chi connectivity index (χ2v) is 8.45. The fourth-order valence-electron chi connectivity index (χ4n) is 3.60. The molecule has 178 valence electrons.